The number of rotatable bonds is 9. The first-order valence-electron chi connectivity index (χ1n) is 12.9. The fourth-order valence-corrected chi connectivity index (χ4v) is 5.44. The number of nitrogens with zero attached hydrogens (tertiary/aromatic N) is 5. The second-order valence-electron chi connectivity index (χ2n) is 9.23. The first-order valence-corrected chi connectivity index (χ1v) is 13.7. The molecule has 2 aromatic heterocycles. The number of fused-ring (bicyclic) bond motifs is 2. The van der Waals surface area contributed by atoms with Gasteiger partial charge in [0.25, 0.3) is 0 Å². The van der Waals surface area contributed by atoms with E-state index in [1.54, 1.807) is 27.8 Å². The fraction of sp³-hybridized carbons (Fsp3) is 0.207. The van der Waals surface area contributed by atoms with Crippen LogP contribution in [0.4, 0.5) is 5.69 Å². The van der Waals surface area contributed by atoms with Crippen molar-refractivity contribution >= 4 is 39.9 Å². The van der Waals surface area contributed by atoms with E-state index < -0.39 is 6.04 Å². The normalized spacial score (nSPS) is 12.8. The van der Waals surface area contributed by atoms with Crippen LogP contribution in [-0.2, 0) is 22.7 Å². The summed E-state index contributed by atoms with van der Waals surface area (Å²) in [7, 11) is 0. The second kappa shape index (κ2) is 11.1. The molecule has 1 atom stereocenters. The van der Waals surface area contributed by atoms with Crippen molar-refractivity contribution in [2.24, 2.45) is 0 Å². The van der Waals surface area contributed by atoms with Crippen molar-refractivity contribution < 1.29 is 19.1 Å². The van der Waals surface area contributed by atoms with Crippen LogP contribution in [0.2, 0.25) is 0 Å². The molecule has 1 aliphatic rings. The molecule has 2 amide bonds. The van der Waals surface area contributed by atoms with Crippen LogP contribution in [0, 0.1) is 0 Å². The molecule has 5 aromatic rings. The van der Waals surface area contributed by atoms with E-state index in [-0.39, 0.29) is 31.7 Å². The molecule has 1 aliphatic heterocycles. The Bertz CT molecular complexity index is 1670. The Hall–Kier alpha value is -4.77. The number of carbonyl (C=O) groups is 2. The van der Waals surface area contributed by atoms with Crippen LogP contribution in [0.25, 0.3) is 22.3 Å². The van der Waals surface area contributed by atoms with Gasteiger partial charge in [-0.15, -0.1) is 16.4 Å². The summed E-state index contributed by atoms with van der Waals surface area (Å²) >= 11 is 1.46. The number of anilines is 1. The smallest absolute Gasteiger partial charge is 0.247 e. The Morgan fingerprint density at radius 2 is 1.85 bits per heavy atom. The molecule has 10 nitrogen and oxygen atoms in total. The standard InChI is InChI=1S/C29H26N6O4S/c1-2-23(29(37)30-20-12-13-25-26(14-20)39-18-38-25)34(15-27-31-22(17-40-27)19-8-4-3-5-9-19)28(36)16-35-24-11-7-6-10-21(24)32-33-35/h3-14,17,23H,2,15-16,18H2,1H3,(H,30,37). The SMILES string of the molecule is CCC(C(=O)Nc1ccc2c(c1)OCO2)N(Cc1nc(-c2ccccc2)cs1)C(=O)Cn1nnc2ccccc21. The Balaban J connectivity index is 1.27. The molecular weight excluding hydrogens is 528 g/mol. The lowest BCUT2D eigenvalue weighted by Crippen LogP contribution is -2.47. The van der Waals surface area contributed by atoms with E-state index in [1.807, 2.05) is 66.9 Å². The van der Waals surface area contributed by atoms with Gasteiger partial charge in [0.05, 0.1) is 17.8 Å². The molecule has 0 fully saturated rings. The van der Waals surface area contributed by atoms with E-state index in [1.165, 1.54) is 11.3 Å². The van der Waals surface area contributed by atoms with E-state index in [4.69, 9.17) is 14.5 Å². The highest BCUT2D eigenvalue weighted by Gasteiger charge is 2.30. The van der Waals surface area contributed by atoms with E-state index in [0.29, 0.717) is 29.1 Å². The maximum absolute atomic E-state index is 13.8. The number of benzene rings is 3. The number of para-hydroxylation sites is 1. The van der Waals surface area contributed by atoms with Gasteiger partial charge in [-0.05, 0) is 30.7 Å². The lowest BCUT2D eigenvalue weighted by molar-refractivity contribution is -0.140. The van der Waals surface area contributed by atoms with Crippen molar-refractivity contribution in [2.75, 3.05) is 12.1 Å². The lowest BCUT2D eigenvalue weighted by Gasteiger charge is -2.29. The maximum atomic E-state index is 13.8. The molecule has 1 N–H and O–H groups in total. The molecule has 40 heavy (non-hydrogen) atoms. The van der Waals surface area contributed by atoms with Crippen LogP contribution in [0.1, 0.15) is 18.4 Å². The number of nitrogens with one attached hydrogen (secondary N) is 1. The molecule has 3 heterocycles. The molecular formula is C29H26N6O4S. The summed E-state index contributed by atoms with van der Waals surface area (Å²) in [4.78, 5) is 33.8. The number of carbonyl (C=O) groups excluding carboxylic acids is 2. The zero-order valence-corrected chi connectivity index (χ0v) is 22.5. The van der Waals surface area contributed by atoms with Gasteiger partial charge in [-0.25, -0.2) is 9.67 Å². The molecule has 0 bridgehead atoms. The second-order valence-corrected chi connectivity index (χ2v) is 10.2. The van der Waals surface area contributed by atoms with E-state index >= 15 is 0 Å². The summed E-state index contributed by atoms with van der Waals surface area (Å²) in [5.74, 6) is 0.616. The number of amides is 2. The summed E-state index contributed by atoms with van der Waals surface area (Å²) < 4.78 is 12.4. The first-order chi connectivity index (χ1) is 19.6. The van der Waals surface area contributed by atoms with Gasteiger partial charge in [0.2, 0.25) is 18.6 Å². The van der Waals surface area contributed by atoms with Crippen molar-refractivity contribution in [3.05, 3.63) is 83.2 Å². The lowest BCUT2D eigenvalue weighted by atomic mass is 10.1. The molecule has 6 rings (SSSR count). The largest absolute Gasteiger partial charge is 0.454 e. The highest BCUT2D eigenvalue weighted by Crippen LogP contribution is 2.34. The van der Waals surface area contributed by atoms with Gasteiger partial charge in [-0.3, -0.25) is 9.59 Å². The molecule has 3 aromatic carbocycles. The third-order valence-electron chi connectivity index (χ3n) is 6.66. The minimum atomic E-state index is -0.753. The van der Waals surface area contributed by atoms with Gasteiger partial charge in [0.1, 0.15) is 23.1 Å². The molecule has 0 aliphatic carbocycles. The number of ether oxygens (including phenoxy) is 2. The molecule has 0 radical (unpaired) electrons. The van der Waals surface area contributed by atoms with Crippen LogP contribution < -0.4 is 14.8 Å². The van der Waals surface area contributed by atoms with Crippen LogP contribution >= 0.6 is 11.3 Å². The van der Waals surface area contributed by atoms with Crippen molar-refractivity contribution in [2.45, 2.75) is 32.5 Å². The van der Waals surface area contributed by atoms with Crippen molar-refractivity contribution in [1.29, 1.82) is 0 Å². The molecule has 0 saturated heterocycles. The van der Waals surface area contributed by atoms with Gasteiger partial charge in [-0.2, -0.15) is 0 Å². The summed E-state index contributed by atoms with van der Waals surface area (Å²) in [5.41, 5.74) is 3.82. The number of thiazole rings is 1. The van der Waals surface area contributed by atoms with Gasteiger partial charge in [0, 0.05) is 22.7 Å². The fourth-order valence-electron chi connectivity index (χ4n) is 4.64. The maximum Gasteiger partial charge on any atom is 0.247 e. The van der Waals surface area contributed by atoms with Crippen LogP contribution in [0.5, 0.6) is 11.5 Å². The summed E-state index contributed by atoms with van der Waals surface area (Å²) in [6, 6.07) is 21.8. The average molecular weight is 555 g/mol. The zero-order chi connectivity index (χ0) is 27.5. The van der Waals surface area contributed by atoms with Crippen LogP contribution in [0.3, 0.4) is 0 Å². The predicted molar refractivity (Wildman–Crippen MR) is 151 cm³/mol. The minimum Gasteiger partial charge on any atom is -0.454 e. The van der Waals surface area contributed by atoms with E-state index in [9.17, 15) is 9.59 Å². The topological polar surface area (TPSA) is 111 Å². The first kappa shape index (κ1) is 25.5. The zero-order valence-electron chi connectivity index (χ0n) is 21.7. The van der Waals surface area contributed by atoms with Crippen molar-refractivity contribution in [3.8, 4) is 22.8 Å². The van der Waals surface area contributed by atoms with Gasteiger partial charge >= 0.3 is 0 Å². The Morgan fingerprint density at radius 1 is 1.05 bits per heavy atom. The highest BCUT2D eigenvalue weighted by atomic mass is 32.1. The van der Waals surface area contributed by atoms with Gasteiger partial charge < -0.3 is 19.7 Å². The molecule has 202 valence electrons. The molecule has 0 saturated carbocycles. The van der Waals surface area contributed by atoms with Crippen molar-refractivity contribution in [3.63, 3.8) is 0 Å². The number of hydrogen-bond acceptors (Lipinski definition) is 8. The molecule has 11 heteroatoms. The van der Waals surface area contributed by atoms with Gasteiger partial charge in [0.15, 0.2) is 11.5 Å². The summed E-state index contributed by atoms with van der Waals surface area (Å²) in [6.07, 6.45) is 0.400. The predicted octanol–water partition coefficient (Wildman–Crippen LogP) is 4.73. The Labute approximate surface area is 234 Å². The number of aromatic nitrogens is 4. The third-order valence-corrected chi connectivity index (χ3v) is 7.49. The van der Waals surface area contributed by atoms with Gasteiger partial charge in [-0.1, -0.05) is 54.6 Å². The summed E-state index contributed by atoms with van der Waals surface area (Å²) in [6.45, 7) is 2.13. The van der Waals surface area contributed by atoms with Crippen LogP contribution in [-0.4, -0.2) is 49.5 Å². The highest BCUT2D eigenvalue weighted by molar-refractivity contribution is 7.09. The van der Waals surface area contributed by atoms with Crippen LogP contribution in [0.15, 0.2) is 78.2 Å². The average Bonchev–Trinajstić information content (AvgIpc) is 3.74. The quantitative estimate of drug-likeness (QED) is 0.280. The van der Waals surface area contributed by atoms with E-state index in [2.05, 4.69) is 15.6 Å². The Morgan fingerprint density at radius 3 is 2.70 bits per heavy atom. The molecule has 0 spiro atoms. The Kier molecular flexibility index (Phi) is 7.11. The minimum absolute atomic E-state index is 0.0643. The van der Waals surface area contributed by atoms with E-state index in [0.717, 1.165) is 21.8 Å². The van der Waals surface area contributed by atoms with Crippen molar-refractivity contribution in [1.82, 2.24) is 24.9 Å². The summed E-state index contributed by atoms with van der Waals surface area (Å²) in [5, 5.41) is 14.0. The monoisotopic (exact) mass is 554 g/mol. The number of hydrogen-bond donors (Lipinski definition) is 1. The third kappa shape index (κ3) is 5.23. The molecule has 1 unspecified atom stereocenters.